The van der Waals surface area contributed by atoms with Crippen molar-refractivity contribution in [1.29, 1.82) is 0 Å². The Morgan fingerprint density at radius 1 is 1.10 bits per heavy atom. The molecule has 4 N–H and O–H groups in total. The van der Waals surface area contributed by atoms with Gasteiger partial charge in [0.2, 0.25) is 11.9 Å². The quantitative estimate of drug-likeness (QED) is 0.401. The largest absolute Gasteiger partial charge is 0.419 e. The number of hydrogen-bond acceptors (Lipinski definition) is 7. The smallest absolute Gasteiger partial charge is 0.354 e. The first-order valence-electron chi connectivity index (χ1n) is 14.5. The van der Waals surface area contributed by atoms with Crippen molar-refractivity contribution in [2.24, 2.45) is 17.6 Å². The van der Waals surface area contributed by atoms with Crippen LogP contribution in [0.1, 0.15) is 67.6 Å². The second-order valence-corrected chi connectivity index (χ2v) is 12.4. The molecule has 0 unspecified atom stereocenters. The number of nitrogens with two attached hydrogens (primary N) is 1. The summed E-state index contributed by atoms with van der Waals surface area (Å²) in [7, 11) is 3.89. The van der Waals surface area contributed by atoms with Crippen molar-refractivity contribution < 1.29 is 22.8 Å². The van der Waals surface area contributed by atoms with Gasteiger partial charge in [0.25, 0.3) is 5.91 Å². The van der Waals surface area contributed by atoms with Crippen molar-refractivity contribution in [3.63, 3.8) is 0 Å². The number of carbonyl (C=O) groups is 2. The molecule has 2 aliphatic rings. The fourth-order valence-electron chi connectivity index (χ4n) is 5.77. The van der Waals surface area contributed by atoms with Crippen molar-refractivity contribution in [3.8, 4) is 0 Å². The zero-order chi connectivity index (χ0) is 30.7. The van der Waals surface area contributed by atoms with Crippen LogP contribution in [0.3, 0.4) is 0 Å². The Hall–Kier alpha value is -3.25. The number of likely N-dealkylation sites (tertiary alicyclic amines) is 1. The summed E-state index contributed by atoms with van der Waals surface area (Å²) in [5, 5.41) is 5.82. The van der Waals surface area contributed by atoms with Crippen LogP contribution in [0.5, 0.6) is 0 Å². The molecule has 230 valence electrons. The number of alkyl halides is 3. The third kappa shape index (κ3) is 8.19. The van der Waals surface area contributed by atoms with Gasteiger partial charge in [0.05, 0.1) is 11.3 Å². The average molecular weight is 590 g/mol. The Labute approximate surface area is 245 Å². The summed E-state index contributed by atoms with van der Waals surface area (Å²) in [6, 6.07) is 6.93. The maximum absolute atomic E-state index is 13.9. The molecule has 4 rings (SSSR count). The topological polar surface area (TPSA) is 116 Å². The molecule has 0 bridgehead atoms. The first kappa shape index (κ1) is 31.7. The van der Waals surface area contributed by atoms with Gasteiger partial charge in [-0.25, -0.2) is 9.97 Å². The Kier molecular flexibility index (Phi) is 9.77. The van der Waals surface area contributed by atoms with Crippen LogP contribution in [0.15, 0.2) is 30.5 Å². The lowest BCUT2D eigenvalue weighted by molar-refractivity contribution is -0.138. The van der Waals surface area contributed by atoms with E-state index in [1.54, 1.807) is 43.0 Å². The highest BCUT2D eigenvalue weighted by Crippen LogP contribution is 2.38. The number of rotatable bonds is 9. The van der Waals surface area contributed by atoms with Crippen LogP contribution in [-0.2, 0) is 17.4 Å². The van der Waals surface area contributed by atoms with Gasteiger partial charge in [0.15, 0.2) is 0 Å². The Balaban J connectivity index is 1.46. The van der Waals surface area contributed by atoms with Crippen molar-refractivity contribution in [3.05, 3.63) is 47.3 Å². The lowest BCUT2D eigenvalue weighted by atomic mass is 9.89. The third-order valence-corrected chi connectivity index (χ3v) is 8.29. The summed E-state index contributed by atoms with van der Waals surface area (Å²) >= 11 is 0. The van der Waals surface area contributed by atoms with Crippen LogP contribution in [-0.4, -0.2) is 76.9 Å². The number of aromatic nitrogens is 2. The predicted octanol–water partition coefficient (Wildman–Crippen LogP) is 4.22. The lowest BCUT2D eigenvalue weighted by Gasteiger charge is -2.35. The molecule has 1 aromatic carbocycles. The van der Waals surface area contributed by atoms with E-state index in [4.69, 9.17) is 5.73 Å². The van der Waals surface area contributed by atoms with Crippen LogP contribution in [0.4, 0.5) is 24.8 Å². The SMILES string of the molecule is CN1CCC(N(C)C(=O)c2ccc(Nc3ncc(C(F)(F)F)c(C[C@@H]4CCC[C@@H]4C(=O)NCC(C)(C)N)n3)cc2)CC1. The van der Waals surface area contributed by atoms with Crippen molar-refractivity contribution in [2.45, 2.75) is 70.1 Å². The molecule has 2 amide bonds. The molecule has 1 aromatic heterocycles. The van der Waals surface area contributed by atoms with E-state index in [1.165, 1.54) is 0 Å². The third-order valence-electron chi connectivity index (χ3n) is 8.29. The van der Waals surface area contributed by atoms with Crippen LogP contribution >= 0.6 is 0 Å². The van der Waals surface area contributed by atoms with Gasteiger partial charge < -0.3 is 26.2 Å². The molecule has 2 fully saturated rings. The number of nitrogens with one attached hydrogen (secondary N) is 2. The second-order valence-electron chi connectivity index (χ2n) is 12.4. The number of carbonyl (C=O) groups excluding carboxylic acids is 2. The van der Waals surface area contributed by atoms with E-state index in [9.17, 15) is 22.8 Å². The number of anilines is 2. The van der Waals surface area contributed by atoms with E-state index < -0.39 is 23.2 Å². The van der Waals surface area contributed by atoms with Gasteiger partial charge in [-0.1, -0.05) is 6.42 Å². The summed E-state index contributed by atoms with van der Waals surface area (Å²) in [6.45, 7) is 5.77. The van der Waals surface area contributed by atoms with Crippen LogP contribution in [0.2, 0.25) is 0 Å². The number of nitrogens with zero attached hydrogens (tertiary/aromatic N) is 4. The zero-order valence-corrected chi connectivity index (χ0v) is 24.8. The molecule has 9 nitrogen and oxygen atoms in total. The first-order valence-corrected chi connectivity index (χ1v) is 14.5. The van der Waals surface area contributed by atoms with E-state index in [0.29, 0.717) is 24.1 Å². The first-order chi connectivity index (χ1) is 19.7. The minimum atomic E-state index is -4.63. The molecule has 42 heavy (non-hydrogen) atoms. The predicted molar refractivity (Wildman–Crippen MR) is 155 cm³/mol. The molecular formula is C30H42F3N7O2. The standard InChI is InChI=1S/C30H42F3N7O2/c1-29(2,34)18-36-26(41)23-7-5-6-20(23)16-25-24(30(31,32)33)17-35-28(38-25)37-21-10-8-19(9-11-21)27(42)40(4)22-12-14-39(3)15-13-22/h8-11,17,20,22-23H,5-7,12-16,18,34H2,1-4H3,(H,36,41)(H,35,37,38)/t20-,23-/m0/s1. The van der Waals surface area contributed by atoms with Gasteiger partial charge in [-0.05, 0) is 96.3 Å². The molecule has 0 spiro atoms. The van der Waals surface area contributed by atoms with Crippen LogP contribution in [0, 0.1) is 11.8 Å². The number of benzene rings is 1. The van der Waals surface area contributed by atoms with Crippen LogP contribution < -0.4 is 16.4 Å². The zero-order valence-electron chi connectivity index (χ0n) is 24.8. The molecule has 0 radical (unpaired) electrons. The molecule has 12 heteroatoms. The molecule has 2 aromatic rings. The molecule has 1 saturated carbocycles. The molecule has 2 atom stereocenters. The average Bonchev–Trinajstić information content (AvgIpc) is 3.39. The number of amides is 2. The van der Waals surface area contributed by atoms with Gasteiger partial charge in [0, 0.05) is 48.5 Å². The van der Waals surface area contributed by atoms with Gasteiger partial charge in [0.1, 0.15) is 0 Å². The lowest BCUT2D eigenvalue weighted by Crippen LogP contribution is -2.47. The summed E-state index contributed by atoms with van der Waals surface area (Å²) in [5.41, 5.74) is 5.41. The molecular weight excluding hydrogens is 547 g/mol. The minimum Gasteiger partial charge on any atom is -0.354 e. The van der Waals surface area contributed by atoms with Gasteiger partial charge in [-0.3, -0.25) is 9.59 Å². The monoisotopic (exact) mass is 589 g/mol. The number of hydrogen-bond donors (Lipinski definition) is 3. The van der Waals surface area contributed by atoms with Crippen LogP contribution in [0.25, 0.3) is 0 Å². The molecule has 1 aliphatic heterocycles. The highest BCUT2D eigenvalue weighted by molar-refractivity contribution is 5.94. The Morgan fingerprint density at radius 3 is 2.38 bits per heavy atom. The van der Waals surface area contributed by atoms with Crippen molar-refractivity contribution in [2.75, 3.05) is 39.0 Å². The highest BCUT2D eigenvalue weighted by Gasteiger charge is 2.39. The van der Waals surface area contributed by atoms with Gasteiger partial charge in [-0.2, -0.15) is 13.2 Å². The number of piperidine rings is 1. The van der Waals surface area contributed by atoms with E-state index in [0.717, 1.165) is 38.5 Å². The fourth-order valence-corrected chi connectivity index (χ4v) is 5.77. The van der Waals surface area contributed by atoms with Gasteiger partial charge in [-0.15, -0.1) is 0 Å². The molecule has 1 saturated heterocycles. The van der Waals surface area contributed by atoms with E-state index in [2.05, 4.69) is 32.5 Å². The molecule has 1 aliphatic carbocycles. The summed E-state index contributed by atoms with van der Waals surface area (Å²) in [6.07, 6.45) is 0.00787. The van der Waals surface area contributed by atoms with Gasteiger partial charge >= 0.3 is 6.18 Å². The highest BCUT2D eigenvalue weighted by atomic mass is 19.4. The van der Waals surface area contributed by atoms with E-state index >= 15 is 0 Å². The maximum Gasteiger partial charge on any atom is 0.419 e. The summed E-state index contributed by atoms with van der Waals surface area (Å²) < 4.78 is 41.7. The summed E-state index contributed by atoms with van der Waals surface area (Å²) in [4.78, 5) is 38.1. The fraction of sp³-hybridized carbons (Fsp3) is 0.600. The van der Waals surface area contributed by atoms with Crippen molar-refractivity contribution >= 4 is 23.5 Å². The molecule has 2 heterocycles. The minimum absolute atomic E-state index is 0.00683. The second kappa shape index (κ2) is 12.9. The normalized spacial score (nSPS) is 20.4. The summed E-state index contributed by atoms with van der Waals surface area (Å²) in [5.74, 6) is -0.925. The maximum atomic E-state index is 13.9. The van der Waals surface area contributed by atoms with Crippen molar-refractivity contribution in [1.82, 2.24) is 25.1 Å². The Bertz CT molecular complexity index is 1240. The van der Waals surface area contributed by atoms with E-state index in [-0.39, 0.29) is 48.4 Å². The number of halogens is 3. The van der Waals surface area contributed by atoms with E-state index in [1.807, 2.05) is 7.05 Å². The Morgan fingerprint density at radius 2 is 1.76 bits per heavy atom.